The number of nitrogens with one attached hydrogen (secondary N) is 1. The van der Waals surface area contributed by atoms with Crippen molar-refractivity contribution in [2.45, 2.75) is 39.7 Å². The normalized spacial score (nSPS) is 11.4. The summed E-state index contributed by atoms with van der Waals surface area (Å²) in [5.41, 5.74) is 1.55. The first-order valence-corrected chi connectivity index (χ1v) is 9.47. The smallest absolute Gasteiger partial charge is 0.306 e. The van der Waals surface area contributed by atoms with Crippen molar-refractivity contribution in [1.82, 2.24) is 0 Å². The minimum absolute atomic E-state index is 0.171. The largest absolute Gasteiger partial charge is 0.494 e. The lowest BCUT2D eigenvalue weighted by molar-refractivity contribution is -0.153. The number of aryl methyl sites for hydroxylation is 1. The van der Waals surface area contributed by atoms with Crippen LogP contribution in [0.4, 0.5) is 5.69 Å². The Morgan fingerprint density at radius 3 is 2.32 bits per heavy atom. The van der Waals surface area contributed by atoms with Crippen LogP contribution in [0.1, 0.15) is 32.8 Å². The molecule has 28 heavy (non-hydrogen) atoms. The third-order valence-electron chi connectivity index (χ3n) is 3.98. The van der Waals surface area contributed by atoms with Gasteiger partial charge in [0.15, 0.2) is 6.10 Å². The number of hydrogen-bond acceptors (Lipinski definition) is 5. The third-order valence-corrected chi connectivity index (χ3v) is 3.98. The highest BCUT2D eigenvalue weighted by Crippen LogP contribution is 2.20. The first kappa shape index (κ1) is 21.3. The summed E-state index contributed by atoms with van der Waals surface area (Å²) in [4.78, 5) is 24.3. The highest BCUT2D eigenvalue weighted by atomic mass is 16.5. The molecule has 0 aromatic heterocycles. The highest BCUT2D eigenvalue weighted by Gasteiger charge is 2.18. The first-order valence-electron chi connectivity index (χ1n) is 9.47. The van der Waals surface area contributed by atoms with Gasteiger partial charge < -0.3 is 19.5 Å². The van der Waals surface area contributed by atoms with Crippen molar-refractivity contribution in [3.05, 3.63) is 54.1 Å². The average molecular weight is 385 g/mol. The fraction of sp³-hybridized carbons (Fsp3) is 0.364. The number of amides is 1. The SMILES string of the molecule is CCOc1ccc(NC(=O)[C@H](C)OC(=O)CCc2ccccc2OCC)cc1. The van der Waals surface area contributed by atoms with Gasteiger partial charge in [0.25, 0.3) is 5.91 Å². The predicted octanol–water partition coefficient (Wildman–Crippen LogP) is 3.99. The minimum atomic E-state index is -0.888. The molecule has 0 aliphatic rings. The summed E-state index contributed by atoms with van der Waals surface area (Å²) in [7, 11) is 0. The number of benzene rings is 2. The Kier molecular flexibility index (Phi) is 8.34. The van der Waals surface area contributed by atoms with Crippen molar-refractivity contribution in [1.29, 1.82) is 0 Å². The molecule has 2 rings (SSSR count). The van der Waals surface area contributed by atoms with Crippen LogP contribution < -0.4 is 14.8 Å². The Hall–Kier alpha value is -3.02. The van der Waals surface area contributed by atoms with Crippen LogP contribution in [0.3, 0.4) is 0 Å². The number of carbonyl (C=O) groups excluding carboxylic acids is 2. The molecule has 0 saturated carbocycles. The number of carbonyl (C=O) groups is 2. The number of rotatable bonds is 10. The maximum Gasteiger partial charge on any atom is 0.306 e. The van der Waals surface area contributed by atoms with E-state index in [2.05, 4.69) is 5.32 Å². The molecule has 2 aromatic carbocycles. The zero-order valence-electron chi connectivity index (χ0n) is 16.6. The van der Waals surface area contributed by atoms with Crippen LogP contribution in [-0.4, -0.2) is 31.2 Å². The Bertz CT molecular complexity index is 773. The lowest BCUT2D eigenvalue weighted by Crippen LogP contribution is -2.30. The van der Waals surface area contributed by atoms with Gasteiger partial charge in [0.2, 0.25) is 0 Å². The molecule has 0 aliphatic carbocycles. The molecule has 0 spiro atoms. The van der Waals surface area contributed by atoms with Crippen LogP contribution in [0.5, 0.6) is 11.5 Å². The predicted molar refractivity (Wildman–Crippen MR) is 108 cm³/mol. The van der Waals surface area contributed by atoms with E-state index >= 15 is 0 Å². The summed E-state index contributed by atoms with van der Waals surface area (Å²) in [5.74, 6) is 0.680. The summed E-state index contributed by atoms with van der Waals surface area (Å²) in [6.45, 7) is 6.50. The number of ether oxygens (including phenoxy) is 3. The van der Waals surface area contributed by atoms with Crippen LogP contribution in [-0.2, 0) is 20.7 Å². The van der Waals surface area contributed by atoms with Crippen LogP contribution in [0.2, 0.25) is 0 Å². The average Bonchev–Trinajstić information content (AvgIpc) is 2.69. The van der Waals surface area contributed by atoms with E-state index in [0.29, 0.717) is 25.3 Å². The van der Waals surface area contributed by atoms with Crippen molar-refractivity contribution in [2.75, 3.05) is 18.5 Å². The molecule has 0 unspecified atom stereocenters. The first-order chi connectivity index (χ1) is 13.5. The van der Waals surface area contributed by atoms with Crippen molar-refractivity contribution < 1.29 is 23.8 Å². The van der Waals surface area contributed by atoms with Gasteiger partial charge in [0.05, 0.1) is 13.2 Å². The minimum Gasteiger partial charge on any atom is -0.494 e. The van der Waals surface area contributed by atoms with Crippen molar-refractivity contribution >= 4 is 17.6 Å². The zero-order chi connectivity index (χ0) is 20.4. The van der Waals surface area contributed by atoms with Crippen molar-refractivity contribution in [3.63, 3.8) is 0 Å². The number of anilines is 1. The van der Waals surface area contributed by atoms with Gasteiger partial charge in [0, 0.05) is 12.1 Å². The molecule has 0 radical (unpaired) electrons. The van der Waals surface area contributed by atoms with Gasteiger partial charge in [-0.25, -0.2) is 0 Å². The molecule has 6 nitrogen and oxygen atoms in total. The molecule has 0 heterocycles. The molecule has 0 bridgehead atoms. The summed E-state index contributed by atoms with van der Waals surface area (Å²) in [6.07, 6.45) is -0.228. The fourth-order valence-corrected chi connectivity index (χ4v) is 2.60. The van der Waals surface area contributed by atoms with Gasteiger partial charge >= 0.3 is 5.97 Å². The highest BCUT2D eigenvalue weighted by molar-refractivity contribution is 5.95. The van der Waals surface area contributed by atoms with E-state index < -0.39 is 12.1 Å². The second-order valence-electron chi connectivity index (χ2n) is 6.12. The molecule has 1 amide bonds. The van der Waals surface area contributed by atoms with E-state index in [0.717, 1.165) is 17.1 Å². The van der Waals surface area contributed by atoms with Gasteiger partial charge in [-0.3, -0.25) is 9.59 Å². The molecule has 150 valence electrons. The maximum absolute atomic E-state index is 12.2. The Morgan fingerprint density at radius 1 is 0.964 bits per heavy atom. The van der Waals surface area contributed by atoms with Crippen LogP contribution in [0.15, 0.2) is 48.5 Å². The van der Waals surface area contributed by atoms with Gasteiger partial charge in [0.1, 0.15) is 11.5 Å². The fourth-order valence-electron chi connectivity index (χ4n) is 2.60. The van der Waals surface area contributed by atoms with E-state index in [1.54, 1.807) is 31.2 Å². The standard InChI is InChI=1S/C22H27NO5/c1-4-26-19-13-11-18(12-14-19)23-22(25)16(3)28-21(24)15-10-17-8-6-7-9-20(17)27-5-2/h6-9,11-14,16H,4-5,10,15H2,1-3H3,(H,23,25)/t16-/m0/s1. The lowest BCUT2D eigenvalue weighted by Gasteiger charge is -2.14. The van der Waals surface area contributed by atoms with Gasteiger partial charge in [-0.15, -0.1) is 0 Å². The molecular formula is C22H27NO5. The third kappa shape index (κ3) is 6.61. The summed E-state index contributed by atoms with van der Waals surface area (Å²) in [6, 6.07) is 14.6. The molecule has 0 fully saturated rings. The van der Waals surface area contributed by atoms with Crippen molar-refractivity contribution in [3.8, 4) is 11.5 Å². The van der Waals surface area contributed by atoms with Gasteiger partial charge in [-0.05, 0) is 63.1 Å². The van der Waals surface area contributed by atoms with Gasteiger partial charge in [-0.2, -0.15) is 0 Å². The summed E-state index contributed by atoms with van der Waals surface area (Å²) in [5, 5.41) is 2.72. The Balaban J connectivity index is 1.82. The number of para-hydroxylation sites is 1. The summed E-state index contributed by atoms with van der Waals surface area (Å²) >= 11 is 0. The van der Waals surface area contributed by atoms with E-state index in [1.807, 2.05) is 38.1 Å². The topological polar surface area (TPSA) is 73.9 Å². The lowest BCUT2D eigenvalue weighted by atomic mass is 10.1. The monoisotopic (exact) mass is 385 g/mol. The van der Waals surface area contributed by atoms with Crippen LogP contribution in [0.25, 0.3) is 0 Å². The molecule has 6 heteroatoms. The number of esters is 1. The molecule has 1 N–H and O–H groups in total. The molecule has 2 aromatic rings. The second-order valence-corrected chi connectivity index (χ2v) is 6.12. The van der Waals surface area contributed by atoms with E-state index in [4.69, 9.17) is 14.2 Å². The summed E-state index contributed by atoms with van der Waals surface area (Å²) < 4.78 is 16.2. The van der Waals surface area contributed by atoms with Crippen LogP contribution in [0, 0.1) is 0 Å². The van der Waals surface area contributed by atoms with Gasteiger partial charge in [-0.1, -0.05) is 18.2 Å². The second kappa shape index (κ2) is 11.0. The quantitative estimate of drug-likeness (QED) is 0.626. The molecule has 1 atom stereocenters. The van der Waals surface area contributed by atoms with Crippen molar-refractivity contribution in [2.24, 2.45) is 0 Å². The van der Waals surface area contributed by atoms with E-state index in [1.165, 1.54) is 0 Å². The van der Waals surface area contributed by atoms with Crippen LogP contribution >= 0.6 is 0 Å². The van der Waals surface area contributed by atoms with E-state index in [9.17, 15) is 9.59 Å². The Labute approximate surface area is 165 Å². The zero-order valence-corrected chi connectivity index (χ0v) is 16.6. The molecule has 0 saturated heterocycles. The molecule has 0 aliphatic heterocycles. The molecular weight excluding hydrogens is 358 g/mol. The number of hydrogen-bond donors (Lipinski definition) is 1. The maximum atomic E-state index is 12.2. The Morgan fingerprint density at radius 2 is 1.64 bits per heavy atom. The van der Waals surface area contributed by atoms with E-state index in [-0.39, 0.29) is 12.3 Å².